The van der Waals surface area contributed by atoms with Crippen LogP contribution in [0.15, 0.2) is 0 Å². The van der Waals surface area contributed by atoms with Gasteiger partial charge in [-0.15, -0.1) is 0 Å². The van der Waals surface area contributed by atoms with Crippen LogP contribution >= 0.6 is 0 Å². The number of ketones is 1. The Kier molecular flexibility index (Phi) is 3.67. The number of esters is 1. The normalized spacial score (nSPS) is 8.67. The van der Waals surface area contributed by atoms with Gasteiger partial charge in [0.25, 0.3) is 0 Å². The Morgan fingerprint density at radius 3 is 2.44 bits per heavy atom. The van der Waals surface area contributed by atoms with Crippen LogP contribution in [0.25, 0.3) is 0 Å². The number of carbonyl (C=O) groups is 2. The molecule has 0 aromatic rings. The van der Waals surface area contributed by atoms with E-state index in [0.717, 1.165) is 0 Å². The molecule has 3 heteroatoms. The number of hydrogen-bond donors (Lipinski definition) is 0. The van der Waals surface area contributed by atoms with Crippen LogP contribution in [0.1, 0.15) is 13.3 Å². The van der Waals surface area contributed by atoms with Crippen LogP contribution in [0.2, 0.25) is 0 Å². The quantitative estimate of drug-likeness (QED) is 0.407. The molecule has 0 spiro atoms. The fraction of sp³-hybridized carbons (Fsp3) is 0.500. The van der Waals surface area contributed by atoms with Crippen molar-refractivity contribution in [2.45, 2.75) is 13.3 Å². The molecule has 0 amide bonds. The third-order valence-electron chi connectivity index (χ3n) is 0.656. The summed E-state index contributed by atoms with van der Waals surface area (Å²) in [6, 6.07) is 0. The second kappa shape index (κ2) is 4.06. The minimum absolute atomic E-state index is 0.0894. The van der Waals surface area contributed by atoms with Crippen molar-refractivity contribution in [2.75, 3.05) is 6.61 Å². The standard InChI is InChI=1S/C6H9O3/c1-3-9-6(8)4-5(2)7/h1,3-4H2,2H3. The molecule has 0 bridgehead atoms. The predicted octanol–water partition coefficient (Wildman–Crippen LogP) is 0.343. The van der Waals surface area contributed by atoms with Gasteiger partial charge in [0.15, 0.2) is 0 Å². The van der Waals surface area contributed by atoms with Crippen LogP contribution in [-0.4, -0.2) is 18.4 Å². The zero-order valence-corrected chi connectivity index (χ0v) is 5.35. The molecule has 0 aromatic heterocycles. The summed E-state index contributed by atoms with van der Waals surface area (Å²) in [6.45, 7) is 4.71. The molecular weight excluding hydrogens is 120 g/mol. The van der Waals surface area contributed by atoms with Crippen LogP contribution in [0, 0.1) is 6.92 Å². The molecule has 0 aliphatic rings. The smallest absolute Gasteiger partial charge is 0.313 e. The Morgan fingerprint density at radius 1 is 1.56 bits per heavy atom. The summed E-state index contributed by atoms with van der Waals surface area (Å²) in [5.41, 5.74) is 0. The first-order chi connectivity index (χ1) is 4.16. The third-order valence-corrected chi connectivity index (χ3v) is 0.656. The molecule has 0 saturated heterocycles. The van der Waals surface area contributed by atoms with Crippen LogP contribution in [-0.2, 0) is 14.3 Å². The minimum Gasteiger partial charge on any atom is -0.465 e. The first-order valence-electron chi connectivity index (χ1n) is 2.61. The van der Waals surface area contributed by atoms with E-state index in [1.807, 2.05) is 0 Å². The van der Waals surface area contributed by atoms with E-state index in [2.05, 4.69) is 11.7 Å². The summed E-state index contributed by atoms with van der Waals surface area (Å²) in [7, 11) is 0. The van der Waals surface area contributed by atoms with Gasteiger partial charge in [-0.2, -0.15) is 0 Å². The van der Waals surface area contributed by atoms with Crippen molar-refractivity contribution in [3.63, 3.8) is 0 Å². The Morgan fingerprint density at radius 2 is 2.11 bits per heavy atom. The van der Waals surface area contributed by atoms with Crippen LogP contribution in [0.4, 0.5) is 0 Å². The Labute approximate surface area is 54.0 Å². The maximum absolute atomic E-state index is 10.4. The lowest BCUT2D eigenvalue weighted by Crippen LogP contribution is -2.08. The van der Waals surface area contributed by atoms with Gasteiger partial charge < -0.3 is 4.74 Å². The van der Waals surface area contributed by atoms with E-state index >= 15 is 0 Å². The van der Waals surface area contributed by atoms with Crippen molar-refractivity contribution in [2.24, 2.45) is 0 Å². The molecule has 0 N–H and O–H groups in total. The summed E-state index contributed by atoms with van der Waals surface area (Å²) >= 11 is 0. The molecular formula is C6H9O3. The van der Waals surface area contributed by atoms with Crippen molar-refractivity contribution in [1.82, 2.24) is 0 Å². The van der Waals surface area contributed by atoms with Gasteiger partial charge in [0, 0.05) is 0 Å². The highest BCUT2D eigenvalue weighted by Gasteiger charge is 2.03. The molecule has 51 valence electrons. The topological polar surface area (TPSA) is 43.4 Å². The lowest BCUT2D eigenvalue weighted by atomic mass is 10.3. The molecule has 0 aliphatic heterocycles. The molecule has 3 nitrogen and oxygen atoms in total. The van der Waals surface area contributed by atoms with Crippen LogP contribution in [0.5, 0.6) is 0 Å². The number of Topliss-reactive ketones (excluding diaryl/α,β-unsaturated/α-hetero) is 1. The summed E-state index contributed by atoms with van der Waals surface area (Å²) in [4.78, 5) is 20.6. The molecule has 0 unspecified atom stereocenters. The Bertz CT molecular complexity index is 117. The molecule has 0 saturated carbocycles. The second-order valence-corrected chi connectivity index (χ2v) is 1.60. The first kappa shape index (κ1) is 8.14. The summed E-state index contributed by atoms with van der Waals surface area (Å²) < 4.78 is 4.38. The first-order valence-corrected chi connectivity index (χ1v) is 2.61. The molecule has 9 heavy (non-hydrogen) atoms. The molecule has 0 aromatic carbocycles. The maximum atomic E-state index is 10.4. The molecule has 0 aliphatic carbocycles. The van der Waals surface area contributed by atoms with Crippen molar-refractivity contribution in [3.8, 4) is 0 Å². The molecule has 0 fully saturated rings. The van der Waals surface area contributed by atoms with Crippen LogP contribution in [0.3, 0.4) is 0 Å². The van der Waals surface area contributed by atoms with Gasteiger partial charge in [-0.05, 0) is 13.8 Å². The fourth-order valence-electron chi connectivity index (χ4n) is 0.368. The van der Waals surface area contributed by atoms with E-state index in [1.54, 1.807) is 0 Å². The highest BCUT2D eigenvalue weighted by atomic mass is 16.5. The fourth-order valence-corrected chi connectivity index (χ4v) is 0.368. The molecule has 1 radical (unpaired) electrons. The van der Waals surface area contributed by atoms with Gasteiger partial charge >= 0.3 is 5.97 Å². The summed E-state index contributed by atoms with van der Waals surface area (Å²) in [5.74, 6) is -0.689. The van der Waals surface area contributed by atoms with E-state index < -0.39 is 5.97 Å². The highest BCUT2D eigenvalue weighted by molar-refractivity contribution is 5.94. The number of ether oxygens (including phenoxy) is 1. The minimum atomic E-state index is -0.502. The van der Waals surface area contributed by atoms with Crippen molar-refractivity contribution >= 4 is 11.8 Å². The number of rotatable bonds is 3. The maximum Gasteiger partial charge on any atom is 0.313 e. The van der Waals surface area contributed by atoms with Crippen LogP contribution < -0.4 is 0 Å². The van der Waals surface area contributed by atoms with Gasteiger partial charge in [0.1, 0.15) is 12.2 Å². The lowest BCUT2D eigenvalue weighted by molar-refractivity contribution is -0.144. The SMILES string of the molecule is [CH2]COC(=O)CC(C)=O. The highest BCUT2D eigenvalue weighted by Crippen LogP contribution is 1.85. The second-order valence-electron chi connectivity index (χ2n) is 1.60. The molecule has 0 rings (SSSR count). The van der Waals surface area contributed by atoms with Gasteiger partial charge in [-0.1, -0.05) is 0 Å². The number of carbonyl (C=O) groups excluding carboxylic acids is 2. The van der Waals surface area contributed by atoms with E-state index in [-0.39, 0.29) is 18.8 Å². The summed E-state index contributed by atoms with van der Waals surface area (Å²) in [6.07, 6.45) is -0.143. The third kappa shape index (κ3) is 5.00. The predicted molar refractivity (Wildman–Crippen MR) is 31.6 cm³/mol. The van der Waals surface area contributed by atoms with Gasteiger partial charge in [0.05, 0.1) is 6.61 Å². The van der Waals surface area contributed by atoms with E-state index in [9.17, 15) is 9.59 Å². The zero-order chi connectivity index (χ0) is 7.28. The largest absolute Gasteiger partial charge is 0.465 e. The monoisotopic (exact) mass is 129 g/mol. The summed E-state index contributed by atoms with van der Waals surface area (Å²) in [5, 5.41) is 0. The average Bonchev–Trinajstić information content (AvgIpc) is 1.63. The van der Waals surface area contributed by atoms with E-state index in [0.29, 0.717) is 0 Å². The lowest BCUT2D eigenvalue weighted by Gasteiger charge is -1.95. The Balaban J connectivity index is 3.39. The average molecular weight is 129 g/mol. The Hall–Kier alpha value is -0.860. The number of hydrogen-bond acceptors (Lipinski definition) is 3. The zero-order valence-electron chi connectivity index (χ0n) is 5.35. The van der Waals surface area contributed by atoms with Crippen molar-refractivity contribution in [1.29, 1.82) is 0 Å². The van der Waals surface area contributed by atoms with E-state index in [4.69, 9.17) is 0 Å². The van der Waals surface area contributed by atoms with Gasteiger partial charge in [-0.3, -0.25) is 9.59 Å². The van der Waals surface area contributed by atoms with Crippen molar-refractivity contribution in [3.05, 3.63) is 6.92 Å². The van der Waals surface area contributed by atoms with Gasteiger partial charge in [-0.25, -0.2) is 0 Å². The van der Waals surface area contributed by atoms with Gasteiger partial charge in [0.2, 0.25) is 0 Å². The molecule has 0 atom stereocenters. The van der Waals surface area contributed by atoms with E-state index in [1.165, 1.54) is 6.92 Å². The molecule has 0 heterocycles. The van der Waals surface area contributed by atoms with Crippen molar-refractivity contribution < 1.29 is 14.3 Å².